The number of esters is 1. The van der Waals surface area contributed by atoms with Gasteiger partial charge in [0.15, 0.2) is 0 Å². The fourth-order valence-corrected chi connectivity index (χ4v) is 2.93. The van der Waals surface area contributed by atoms with Crippen molar-refractivity contribution in [3.05, 3.63) is 34.3 Å². The molecule has 24 heavy (non-hydrogen) atoms. The van der Waals surface area contributed by atoms with Gasteiger partial charge in [0.05, 0.1) is 12.2 Å². The van der Waals surface area contributed by atoms with Gasteiger partial charge in [-0.1, -0.05) is 0 Å². The van der Waals surface area contributed by atoms with Gasteiger partial charge in [-0.15, -0.1) is 0 Å². The Hall–Kier alpha value is -2.38. The second-order valence-corrected chi connectivity index (χ2v) is 7.15. The van der Waals surface area contributed by atoms with Gasteiger partial charge < -0.3 is 4.74 Å². The number of aryl methyl sites for hydroxylation is 2. The minimum absolute atomic E-state index is 0.286. The highest BCUT2D eigenvalue weighted by molar-refractivity contribution is 5.74. The Bertz CT molecular complexity index is 809. The van der Waals surface area contributed by atoms with Crippen LogP contribution in [0.5, 0.6) is 0 Å². The Kier molecular flexibility index (Phi) is 4.06. The lowest BCUT2D eigenvalue weighted by molar-refractivity contribution is -0.159. The average Bonchev–Trinajstić information content (AvgIpc) is 3.02. The van der Waals surface area contributed by atoms with Crippen LogP contribution in [0.1, 0.15) is 51.2 Å². The fraction of sp³-hybridized carbons (Fsp3) is 0.625. The van der Waals surface area contributed by atoms with Gasteiger partial charge in [0.1, 0.15) is 17.5 Å². The van der Waals surface area contributed by atoms with Gasteiger partial charge in [-0.05, 0) is 39.7 Å². The van der Waals surface area contributed by atoms with Crippen LogP contribution in [0.2, 0.25) is 0 Å². The van der Waals surface area contributed by atoms with E-state index in [0.29, 0.717) is 25.2 Å². The van der Waals surface area contributed by atoms with E-state index in [-0.39, 0.29) is 11.7 Å². The zero-order valence-corrected chi connectivity index (χ0v) is 14.5. The number of carbonyl (C=O) groups is 1. The maximum atomic E-state index is 12.7. The Morgan fingerprint density at radius 3 is 2.75 bits per heavy atom. The van der Waals surface area contributed by atoms with Gasteiger partial charge in [0.25, 0.3) is 0 Å². The molecule has 0 spiro atoms. The Morgan fingerprint density at radius 1 is 1.38 bits per heavy atom. The van der Waals surface area contributed by atoms with E-state index in [1.165, 1.54) is 9.25 Å². The molecular weight excluding hydrogens is 310 g/mol. The number of ether oxygens (including phenoxy) is 1. The second-order valence-electron chi connectivity index (χ2n) is 7.15. The van der Waals surface area contributed by atoms with E-state index in [1.807, 2.05) is 40.1 Å². The molecule has 1 atom stereocenters. The first-order valence-electron chi connectivity index (χ1n) is 8.14. The average molecular weight is 333 g/mol. The molecule has 0 unspecified atom stereocenters. The molecule has 130 valence electrons. The molecule has 3 heterocycles. The van der Waals surface area contributed by atoms with Crippen molar-refractivity contribution in [2.75, 3.05) is 0 Å². The third-order valence-electron chi connectivity index (χ3n) is 3.89. The molecule has 0 N–H and O–H groups in total. The molecule has 8 heteroatoms. The molecule has 0 saturated carbocycles. The quantitative estimate of drug-likeness (QED) is 0.784. The summed E-state index contributed by atoms with van der Waals surface area (Å²) in [5.74, 6) is 0.265. The first kappa shape index (κ1) is 16.5. The first-order valence-corrected chi connectivity index (χ1v) is 8.14. The predicted octanol–water partition coefficient (Wildman–Crippen LogP) is 1.05. The first-order chi connectivity index (χ1) is 11.2. The number of nitrogens with zero attached hydrogens (tertiary/aromatic N) is 5. The summed E-state index contributed by atoms with van der Waals surface area (Å²) in [7, 11) is 1.82. The summed E-state index contributed by atoms with van der Waals surface area (Å²) in [5.41, 5.74) is -0.113. The SMILES string of the molecule is Cn1ccc(Cn2nc3n(c2=O)[C@@H](C(=O)OC(C)(C)C)CCC3)n1. The van der Waals surface area contributed by atoms with Crippen LogP contribution in [0, 0.1) is 0 Å². The zero-order valence-electron chi connectivity index (χ0n) is 14.5. The maximum absolute atomic E-state index is 12.7. The highest BCUT2D eigenvalue weighted by atomic mass is 16.6. The lowest BCUT2D eigenvalue weighted by Gasteiger charge is -2.26. The van der Waals surface area contributed by atoms with Crippen LogP contribution < -0.4 is 5.69 Å². The van der Waals surface area contributed by atoms with Gasteiger partial charge in [-0.3, -0.25) is 9.25 Å². The summed E-state index contributed by atoms with van der Waals surface area (Å²) in [6, 6.07) is 1.24. The molecular formula is C16H23N5O3. The molecule has 0 bridgehead atoms. The highest BCUT2D eigenvalue weighted by Gasteiger charge is 2.33. The third-order valence-corrected chi connectivity index (χ3v) is 3.89. The zero-order chi connectivity index (χ0) is 17.5. The van der Waals surface area contributed by atoms with E-state index < -0.39 is 11.6 Å². The van der Waals surface area contributed by atoms with E-state index in [1.54, 1.807) is 4.68 Å². The van der Waals surface area contributed by atoms with E-state index >= 15 is 0 Å². The lowest BCUT2D eigenvalue weighted by Crippen LogP contribution is -2.38. The van der Waals surface area contributed by atoms with Crippen LogP contribution in [-0.4, -0.2) is 35.7 Å². The van der Waals surface area contributed by atoms with Crippen molar-refractivity contribution in [2.45, 2.75) is 58.2 Å². The summed E-state index contributed by atoms with van der Waals surface area (Å²) < 4.78 is 10.0. The minimum atomic E-state index is -0.599. The maximum Gasteiger partial charge on any atom is 0.347 e. The number of hydrogen-bond donors (Lipinski definition) is 0. The molecule has 1 aliphatic rings. The van der Waals surface area contributed by atoms with Crippen LogP contribution in [0.4, 0.5) is 0 Å². The molecule has 0 saturated heterocycles. The van der Waals surface area contributed by atoms with Crippen molar-refractivity contribution >= 4 is 5.97 Å². The Labute approximate surface area is 140 Å². The molecule has 1 aliphatic heterocycles. The molecule has 0 radical (unpaired) electrons. The summed E-state index contributed by atoms with van der Waals surface area (Å²) in [5, 5.41) is 8.67. The van der Waals surface area contributed by atoms with Gasteiger partial charge >= 0.3 is 11.7 Å². The molecule has 0 aromatic carbocycles. The van der Waals surface area contributed by atoms with Crippen LogP contribution in [0.3, 0.4) is 0 Å². The number of aromatic nitrogens is 5. The van der Waals surface area contributed by atoms with E-state index in [2.05, 4.69) is 10.2 Å². The molecule has 2 aromatic rings. The Morgan fingerprint density at radius 2 is 2.12 bits per heavy atom. The largest absolute Gasteiger partial charge is 0.458 e. The highest BCUT2D eigenvalue weighted by Crippen LogP contribution is 2.25. The van der Waals surface area contributed by atoms with Gasteiger partial charge in [0, 0.05) is 19.7 Å². The number of fused-ring (bicyclic) bond motifs is 1. The summed E-state index contributed by atoms with van der Waals surface area (Å²) >= 11 is 0. The fourth-order valence-electron chi connectivity index (χ4n) is 2.93. The Balaban J connectivity index is 1.90. The normalized spacial score (nSPS) is 17.6. The minimum Gasteiger partial charge on any atom is -0.458 e. The van der Waals surface area contributed by atoms with Crippen molar-refractivity contribution in [3.8, 4) is 0 Å². The van der Waals surface area contributed by atoms with Gasteiger partial charge in [0.2, 0.25) is 0 Å². The monoisotopic (exact) mass is 333 g/mol. The topological polar surface area (TPSA) is 83.9 Å². The van der Waals surface area contributed by atoms with E-state index in [4.69, 9.17) is 4.74 Å². The molecule has 0 aliphatic carbocycles. The summed E-state index contributed by atoms with van der Waals surface area (Å²) in [4.78, 5) is 25.2. The number of rotatable bonds is 3. The smallest absolute Gasteiger partial charge is 0.347 e. The number of hydrogen-bond acceptors (Lipinski definition) is 5. The molecule has 0 amide bonds. The second kappa shape index (κ2) is 5.92. The van der Waals surface area contributed by atoms with Gasteiger partial charge in [-0.25, -0.2) is 14.3 Å². The van der Waals surface area contributed by atoms with Crippen molar-refractivity contribution in [1.82, 2.24) is 24.1 Å². The molecule has 2 aromatic heterocycles. The summed E-state index contributed by atoms with van der Waals surface area (Å²) in [6.07, 6.45) is 3.91. The molecule has 8 nitrogen and oxygen atoms in total. The van der Waals surface area contributed by atoms with E-state index in [0.717, 1.165) is 12.1 Å². The number of carbonyl (C=O) groups excluding carboxylic acids is 1. The van der Waals surface area contributed by atoms with Crippen LogP contribution >= 0.6 is 0 Å². The molecule has 3 rings (SSSR count). The van der Waals surface area contributed by atoms with Crippen molar-refractivity contribution in [3.63, 3.8) is 0 Å². The summed E-state index contributed by atoms with van der Waals surface area (Å²) in [6.45, 7) is 5.76. The van der Waals surface area contributed by atoms with Crippen molar-refractivity contribution < 1.29 is 9.53 Å². The van der Waals surface area contributed by atoms with Crippen molar-refractivity contribution in [2.24, 2.45) is 7.05 Å². The molecule has 0 fully saturated rings. The standard InChI is InChI=1S/C16H23N5O3/c1-16(2,3)24-14(22)12-6-5-7-13-18-20(15(23)21(12)13)10-11-8-9-19(4)17-11/h8-9,12H,5-7,10H2,1-4H3/t12-/m1/s1. The third kappa shape index (κ3) is 3.27. The van der Waals surface area contributed by atoms with Crippen LogP contribution in [-0.2, 0) is 29.5 Å². The predicted molar refractivity (Wildman–Crippen MR) is 86.6 cm³/mol. The van der Waals surface area contributed by atoms with Gasteiger partial charge in [-0.2, -0.15) is 10.2 Å². The van der Waals surface area contributed by atoms with Crippen LogP contribution in [0.15, 0.2) is 17.1 Å². The lowest BCUT2D eigenvalue weighted by atomic mass is 10.0. The van der Waals surface area contributed by atoms with Crippen molar-refractivity contribution in [1.29, 1.82) is 0 Å². The van der Waals surface area contributed by atoms with Crippen LogP contribution in [0.25, 0.3) is 0 Å². The van der Waals surface area contributed by atoms with E-state index in [9.17, 15) is 9.59 Å².